The van der Waals surface area contributed by atoms with Crippen LogP contribution in [0.5, 0.6) is 0 Å². The van der Waals surface area contributed by atoms with Crippen LogP contribution in [0.1, 0.15) is 36.5 Å². The molecule has 1 unspecified atom stereocenters. The molecule has 33 heavy (non-hydrogen) atoms. The van der Waals surface area contributed by atoms with Crippen LogP contribution in [-0.4, -0.2) is 24.2 Å². The molecule has 6 heteroatoms. The monoisotopic (exact) mass is 458 g/mol. The predicted octanol–water partition coefficient (Wildman–Crippen LogP) is 5.16. The van der Waals surface area contributed by atoms with E-state index >= 15 is 0 Å². The van der Waals surface area contributed by atoms with Crippen LogP contribution in [-0.2, 0) is 26.8 Å². The van der Waals surface area contributed by atoms with Gasteiger partial charge in [0.05, 0.1) is 10.6 Å². The predicted molar refractivity (Wildman–Crippen MR) is 130 cm³/mol. The van der Waals surface area contributed by atoms with Crippen molar-refractivity contribution in [3.63, 3.8) is 0 Å². The van der Waals surface area contributed by atoms with Crippen molar-refractivity contribution in [2.24, 2.45) is 5.92 Å². The van der Waals surface area contributed by atoms with Crippen molar-refractivity contribution >= 4 is 26.4 Å². The van der Waals surface area contributed by atoms with Crippen LogP contribution < -0.4 is 0 Å². The Morgan fingerprint density at radius 3 is 2.42 bits per heavy atom. The van der Waals surface area contributed by atoms with Gasteiger partial charge in [0.1, 0.15) is 5.78 Å². The van der Waals surface area contributed by atoms with Gasteiger partial charge in [0, 0.05) is 42.5 Å². The third-order valence-electron chi connectivity index (χ3n) is 6.03. The molecular formula is C27H26N2O3S. The Morgan fingerprint density at radius 1 is 0.879 bits per heavy atom. The van der Waals surface area contributed by atoms with Gasteiger partial charge in [0.15, 0.2) is 9.84 Å². The highest BCUT2D eigenvalue weighted by Gasteiger charge is 2.43. The topological polar surface area (TPSA) is 77.0 Å². The number of pyridine rings is 2. The first-order valence-corrected chi connectivity index (χ1v) is 12.2. The van der Waals surface area contributed by atoms with Gasteiger partial charge < -0.3 is 0 Å². The molecule has 1 aliphatic rings. The highest BCUT2D eigenvalue weighted by molar-refractivity contribution is 7.90. The summed E-state index contributed by atoms with van der Waals surface area (Å²) in [6, 6.07) is 18.5. The summed E-state index contributed by atoms with van der Waals surface area (Å²) in [6.07, 6.45) is 7.99. The zero-order chi connectivity index (χ0) is 22.1. The van der Waals surface area contributed by atoms with E-state index in [0.29, 0.717) is 16.9 Å². The van der Waals surface area contributed by atoms with Gasteiger partial charge in [0.2, 0.25) is 0 Å². The minimum absolute atomic E-state index is 0. The lowest BCUT2D eigenvalue weighted by molar-refractivity contribution is -0.119. The number of nitrogens with zero attached hydrogens (tertiary/aromatic N) is 2. The molecule has 168 valence electrons. The molecule has 2 aromatic heterocycles. The third-order valence-corrected chi connectivity index (χ3v) is 7.74. The Bertz CT molecular complexity index is 1380. The summed E-state index contributed by atoms with van der Waals surface area (Å²) < 4.78 is 25.4. The average molecular weight is 459 g/mol. The summed E-state index contributed by atoms with van der Waals surface area (Å²) in [5, 5.41) is 2.15. The summed E-state index contributed by atoms with van der Waals surface area (Å²) in [5.41, 5.74) is 2.69. The van der Waals surface area contributed by atoms with Crippen molar-refractivity contribution in [2.75, 3.05) is 0 Å². The minimum atomic E-state index is -3.44. The maximum atomic E-state index is 12.8. The number of carbonyl (C=O) groups is 1. The second-order valence-electron chi connectivity index (χ2n) is 8.34. The molecular weight excluding hydrogens is 432 g/mol. The number of sulfone groups is 1. The fourth-order valence-electron chi connectivity index (χ4n) is 4.20. The van der Waals surface area contributed by atoms with E-state index < -0.39 is 9.84 Å². The van der Waals surface area contributed by atoms with Gasteiger partial charge >= 0.3 is 0 Å². The number of ketones is 1. The van der Waals surface area contributed by atoms with Crippen LogP contribution in [0.4, 0.5) is 0 Å². The molecule has 2 aromatic carbocycles. The Morgan fingerprint density at radius 2 is 1.67 bits per heavy atom. The van der Waals surface area contributed by atoms with Crippen LogP contribution in [0.3, 0.4) is 0 Å². The van der Waals surface area contributed by atoms with E-state index in [2.05, 4.69) is 9.97 Å². The summed E-state index contributed by atoms with van der Waals surface area (Å²) in [5.74, 6) is 0.326. The molecule has 5 nitrogen and oxygen atoms in total. The highest BCUT2D eigenvalue weighted by atomic mass is 32.2. The maximum absolute atomic E-state index is 12.8. The lowest BCUT2D eigenvalue weighted by atomic mass is 10.0. The van der Waals surface area contributed by atoms with Crippen LogP contribution in [0.15, 0.2) is 90.3 Å². The molecule has 0 radical (unpaired) electrons. The Hall–Kier alpha value is -3.38. The molecule has 0 aliphatic heterocycles. The van der Waals surface area contributed by atoms with Crippen molar-refractivity contribution < 1.29 is 13.2 Å². The summed E-state index contributed by atoms with van der Waals surface area (Å²) in [7, 11) is -3.44. The number of aromatic nitrogens is 2. The quantitative estimate of drug-likeness (QED) is 0.383. The molecule has 2 heterocycles. The lowest BCUT2D eigenvalue weighted by Gasteiger charge is -2.07. The van der Waals surface area contributed by atoms with E-state index in [1.54, 1.807) is 42.9 Å². The summed E-state index contributed by atoms with van der Waals surface area (Å²) >= 11 is 0. The Kier molecular flexibility index (Phi) is 6.38. The smallest absolute Gasteiger partial charge is 0.182 e. The number of fused-ring (bicyclic) bond motifs is 1. The van der Waals surface area contributed by atoms with Crippen LogP contribution in [0, 0.1) is 5.92 Å². The molecule has 0 spiro atoms. The molecule has 2 atom stereocenters. The first-order chi connectivity index (χ1) is 15.5. The van der Waals surface area contributed by atoms with Crippen molar-refractivity contribution in [1.82, 2.24) is 9.97 Å². The molecule has 5 rings (SSSR count). The first-order valence-electron chi connectivity index (χ1n) is 10.6. The van der Waals surface area contributed by atoms with E-state index in [1.165, 1.54) is 0 Å². The number of rotatable bonds is 7. The van der Waals surface area contributed by atoms with Crippen LogP contribution >= 0.6 is 0 Å². The fourth-order valence-corrected chi connectivity index (χ4v) is 5.53. The standard InChI is InChI=1S/C26H22N2O3S.CH4/c29-26(13-18-3-4-22-16-28-11-9-21(22)12-18)25-14-24(25)20-5-7-23(8-6-20)32(30,31)17-19-2-1-10-27-15-19;/h1-12,15-16,24-25H,13-14,17H2;1H4/t24?,25-;/m1./s1. The third kappa shape index (κ3) is 5.01. The number of hydrogen-bond acceptors (Lipinski definition) is 5. The molecule has 0 bridgehead atoms. The number of Topliss-reactive ketones (excluding diaryl/α,β-unsaturated/α-hetero) is 1. The summed E-state index contributed by atoms with van der Waals surface area (Å²) in [4.78, 5) is 21.2. The summed E-state index contributed by atoms with van der Waals surface area (Å²) in [6.45, 7) is 0. The molecule has 1 saturated carbocycles. The van der Waals surface area contributed by atoms with E-state index in [0.717, 1.165) is 28.3 Å². The van der Waals surface area contributed by atoms with Crippen molar-refractivity contribution in [1.29, 1.82) is 0 Å². The van der Waals surface area contributed by atoms with E-state index in [4.69, 9.17) is 0 Å². The molecule has 0 amide bonds. The number of benzene rings is 2. The molecule has 1 fully saturated rings. The van der Waals surface area contributed by atoms with Crippen molar-refractivity contribution in [3.8, 4) is 0 Å². The van der Waals surface area contributed by atoms with E-state index in [1.807, 2.05) is 42.6 Å². The average Bonchev–Trinajstić information content (AvgIpc) is 3.61. The van der Waals surface area contributed by atoms with E-state index in [-0.39, 0.29) is 30.8 Å². The Balaban J connectivity index is 0.00000259. The molecule has 0 N–H and O–H groups in total. The molecule has 1 aliphatic carbocycles. The molecule has 4 aromatic rings. The van der Waals surface area contributed by atoms with Gasteiger partial charge in [-0.1, -0.05) is 43.8 Å². The van der Waals surface area contributed by atoms with Gasteiger partial charge in [-0.2, -0.15) is 0 Å². The highest BCUT2D eigenvalue weighted by Crippen LogP contribution is 2.48. The second kappa shape index (κ2) is 9.24. The normalized spacial score (nSPS) is 17.3. The fraction of sp³-hybridized carbons (Fsp3) is 0.222. The Labute approximate surface area is 194 Å². The van der Waals surface area contributed by atoms with Gasteiger partial charge in [-0.3, -0.25) is 14.8 Å². The first kappa shape index (κ1) is 22.8. The van der Waals surface area contributed by atoms with Crippen molar-refractivity contribution in [2.45, 2.75) is 36.8 Å². The van der Waals surface area contributed by atoms with Crippen molar-refractivity contribution in [3.05, 3.63) is 102 Å². The van der Waals surface area contributed by atoms with Gasteiger partial charge in [-0.15, -0.1) is 0 Å². The van der Waals surface area contributed by atoms with Gasteiger partial charge in [-0.25, -0.2) is 8.42 Å². The van der Waals surface area contributed by atoms with Gasteiger partial charge in [-0.05, 0) is 58.7 Å². The zero-order valence-electron chi connectivity index (χ0n) is 17.4. The maximum Gasteiger partial charge on any atom is 0.182 e. The van der Waals surface area contributed by atoms with Gasteiger partial charge in [0.25, 0.3) is 0 Å². The van der Waals surface area contributed by atoms with E-state index in [9.17, 15) is 13.2 Å². The molecule has 0 saturated heterocycles. The largest absolute Gasteiger partial charge is 0.299 e. The zero-order valence-corrected chi connectivity index (χ0v) is 18.2. The number of carbonyl (C=O) groups excluding carboxylic acids is 1. The SMILES string of the molecule is C.O=C(Cc1ccc2cnccc2c1)[C@@H]1CC1c1ccc(S(=O)(=O)Cc2cccnc2)cc1. The number of hydrogen-bond donors (Lipinski definition) is 0. The van der Waals surface area contributed by atoms with Crippen LogP contribution in [0.2, 0.25) is 0 Å². The second-order valence-corrected chi connectivity index (χ2v) is 10.3. The minimum Gasteiger partial charge on any atom is -0.299 e. The lowest BCUT2D eigenvalue weighted by Crippen LogP contribution is -2.07. The van der Waals surface area contributed by atoms with Crippen LogP contribution in [0.25, 0.3) is 10.8 Å².